The van der Waals surface area contributed by atoms with Gasteiger partial charge >= 0.3 is 6.03 Å². The zero-order valence-electron chi connectivity index (χ0n) is 13.4. The standard InChI is InChI=1S/C14H25N5O2/c1-9(14(3,4)21-5)15-13(20)17-11-6-7-12-16-10(2)18-19(12)8-11/h9,11H,6-8H2,1-5H3,(H2,15,17,20). The normalized spacial score (nSPS) is 19.8. The molecule has 2 atom stereocenters. The van der Waals surface area contributed by atoms with E-state index >= 15 is 0 Å². The molecule has 2 rings (SSSR count). The van der Waals surface area contributed by atoms with E-state index in [1.807, 2.05) is 32.4 Å². The maximum atomic E-state index is 12.1. The fourth-order valence-corrected chi connectivity index (χ4v) is 2.33. The van der Waals surface area contributed by atoms with E-state index in [0.29, 0.717) is 6.54 Å². The molecule has 1 aromatic rings. The van der Waals surface area contributed by atoms with E-state index in [-0.39, 0.29) is 18.1 Å². The smallest absolute Gasteiger partial charge is 0.315 e. The molecule has 0 aliphatic carbocycles. The first-order valence-electron chi connectivity index (χ1n) is 7.34. The minimum Gasteiger partial charge on any atom is -0.377 e. The van der Waals surface area contributed by atoms with Crippen LogP contribution in [0.3, 0.4) is 0 Å². The van der Waals surface area contributed by atoms with E-state index in [1.165, 1.54) is 0 Å². The van der Waals surface area contributed by atoms with Crippen molar-refractivity contribution in [2.75, 3.05) is 7.11 Å². The molecule has 118 valence electrons. The summed E-state index contributed by atoms with van der Waals surface area (Å²) in [5.74, 6) is 1.78. The third kappa shape index (κ3) is 3.72. The van der Waals surface area contributed by atoms with Crippen LogP contribution in [0, 0.1) is 6.92 Å². The highest BCUT2D eigenvalue weighted by Crippen LogP contribution is 2.14. The lowest BCUT2D eigenvalue weighted by atomic mass is 10.0. The van der Waals surface area contributed by atoms with Crippen LogP contribution in [-0.4, -0.2) is 45.6 Å². The van der Waals surface area contributed by atoms with Gasteiger partial charge in [-0.15, -0.1) is 0 Å². The predicted molar refractivity (Wildman–Crippen MR) is 79.1 cm³/mol. The fourth-order valence-electron chi connectivity index (χ4n) is 2.33. The number of urea groups is 1. The lowest BCUT2D eigenvalue weighted by Crippen LogP contribution is -2.54. The summed E-state index contributed by atoms with van der Waals surface area (Å²) in [7, 11) is 1.64. The van der Waals surface area contributed by atoms with Crippen molar-refractivity contribution in [1.82, 2.24) is 25.4 Å². The highest BCUT2D eigenvalue weighted by atomic mass is 16.5. The molecule has 0 saturated heterocycles. The molecule has 1 aromatic heterocycles. The van der Waals surface area contributed by atoms with Crippen LogP contribution in [0.25, 0.3) is 0 Å². The molecule has 0 fully saturated rings. The second kappa shape index (κ2) is 6.01. The Morgan fingerprint density at radius 1 is 1.52 bits per heavy atom. The third-order valence-corrected chi connectivity index (χ3v) is 4.22. The number of nitrogens with zero attached hydrogens (tertiary/aromatic N) is 3. The Bertz CT molecular complexity index is 511. The minimum atomic E-state index is -0.403. The van der Waals surface area contributed by atoms with Crippen molar-refractivity contribution in [3.8, 4) is 0 Å². The van der Waals surface area contributed by atoms with Crippen LogP contribution in [-0.2, 0) is 17.7 Å². The van der Waals surface area contributed by atoms with Gasteiger partial charge < -0.3 is 15.4 Å². The number of amides is 2. The first kappa shape index (κ1) is 15.8. The van der Waals surface area contributed by atoms with Crippen LogP contribution in [0.15, 0.2) is 0 Å². The van der Waals surface area contributed by atoms with Gasteiger partial charge in [0.15, 0.2) is 0 Å². The van der Waals surface area contributed by atoms with Crippen molar-refractivity contribution >= 4 is 6.03 Å². The molecule has 2 heterocycles. The van der Waals surface area contributed by atoms with Gasteiger partial charge in [0.25, 0.3) is 0 Å². The van der Waals surface area contributed by atoms with Crippen LogP contribution in [0.4, 0.5) is 4.79 Å². The van der Waals surface area contributed by atoms with Gasteiger partial charge in [-0.25, -0.2) is 14.5 Å². The van der Waals surface area contributed by atoms with Gasteiger partial charge in [-0.1, -0.05) is 0 Å². The van der Waals surface area contributed by atoms with Gasteiger partial charge in [-0.3, -0.25) is 0 Å². The second-order valence-electron chi connectivity index (χ2n) is 6.14. The van der Waals surface area contributed by atoms with Gasteiger partial charge in [0, 0.05) is 13.5 Å². The molecule has 0 radical (unpaired) electrons. The lowest BCUT2D eigenvalue weighted by molar-refractivity contribution is -0.00203. The van der Waals surface area contributed by atoms with Gasteiger partial charge in [-0.2, -0.15) is 5.10 Å². The Labute approximate surface area is 125 Å². The molecule has 0 saturated carbocycles. The molecule has 0 aromatic carbocycles. The third-order valence-electron chi connectivity index (χ3n) is 4.22. The van der Waals surface area contributed by atoms with Crippen molar-refractivity contribution in [3.05, 3.63) is 11.6 Å². The summed E-state index contributed by atoms with van der Waals surface area (Å²) in [5, 5.41) is 10.3. The van der Waals surface area contributed by atoms with Crippen molar-refractivity contribution in [3.63, 3.8) is 0 Å². The number of nitrogens with one attached hydrogen (secondary N) is 2. The Balaban J connectivity index is 1.87. The summed E-state index contributed by atoms with van der Waals surface area (Å²) in [6.45, 7) is 8.38. The number of hydrogen-bond donors (Lipinski definition) is 2. The molecule has 0 bridgehead atoms. The van der Waals surface area contributed by atoms with E-state index in [1.54, 1.807) is 7.11 Å². The number of fused-ring (bicyclic) bond motifs is 1. The molecular formula is C14H25N5O2. The fraction of sp³-hybridized carbons (Fsp3) is 0.786. The molecule has 1 aliphatic rings. The first-order valence-corrected chi connectivity index (χ1v) is 7.34. The number of aryl methyl sites for hydroxylation is 2. The summed E-state index contributed by atoms with van der Waals surface area (Å²) in [4.78, 5) is 16.4. The van der Waals surface area contributed by atoms with E-state index in [2.05, 4.69) is 20.7 Å². The van der Waals surface area contributed by atoms with Crippen LogP contribution in [0.1, 0.15) is 38.8 Å². The number of carbonyl (C=O) groups is 1. The Morgan fingerprint density at radius 2 is 2.24 bits per heavy atom. The maximum Gasteiger partial charge on any atom is 0.315 e. The number of aromatic nitrogens is 3. The van der Waals surface area contributed by atoms with E-state index in [9.17, 15) is 4.79 Å². The Kier molecular flexibility index (Phi) is 4.51. The quantitative estimate of drug-likeness (QED) is 0.869. The van der Waals surface area contributed by atoms with Gasteiger partial charge in [0.2, 0.25) is 0 Å². The van der Waals surface area contributed by atoms with Gasteiger partial charge in [-0.05, 0) is 34.1 Å². The SMILES string of the molecule is COC(C)(C)C(C)NC(=O)NC1CCc2nc(C)nn2C1. The minimum absolute atomic E-state index is 0.0801. The molecule has 21 heavy (non-hydrogen) atoms. The summed E-state index contributed by atoms with van der Waals surface area (Å²) < 4.78 is 7.26. The van der Waals surface area contributed by atoms with Crippen LogP contribution in [0.5, 0.6) is 0 Å². The molecule has 0 spiro atoms. The lowest BCUT2D eigenvalue weighted by Gasteiger charge is -2.32. The van der Waals surface area contributed by atoms with E-state index in [0.717, 1.165) is 24.5 Å². The van der Waals surface area contributed by atoms with Crippen molar-refractivity contribution in [1.29, 1.82) is 0 Å². The molecule has 2 N–H and O–H groups in total. The molecule has 7 nitrogen and oxygen atoms in total. The monoisotopic (exact) mass is 295 g/mol. The van der Waals surface area contributed by atoms with Crippen molar-refractivity contribution in [2.24, 2.45) is 0 Å². The average molecular weight is 295 g/mol. The van der Waals surface area contributed by atoms with Crippen molar-refractivity contribution in [2.45, 2.75) is 64.8 Å². The highest BCUT2D eigenvalue weighted by Gasteiger charge is 2.28. The van der Waals surface area contributed by atoms with Crippen LogP contribution >= 0.6 is 0 Å². The predicted octanol–water partition coefficient (Wildman–Crippen LogP) is 1.01. The number of ether oxygens (including phenoxy) is 1. The highest BCUT2D eigenvalue weighted by molar-refractivity contribution is 5.74. The number of methoxy groups -OCH3 is 1. The summed E-state index contributed by atoms with van der Waals surface area (Å²) in [5.41, 5.74) is -0.403. The summed E-state index contributed by atoms with van der Waals surface area (Å²) in [6.07, 6.45) is 1.72. The number of carbonyl (C=O) groups excluding carboxylic acids is 1. The molecule has 2 amide bonds. The molecule has 1 aliphatic heterocycles. The molecule has 2 unspecified atom stereocenters. The zero-order chi connectivity index (χ0) is 15.6. The molecular weight excluding hydrogens is 270 g/mol. The average Bonchev–Trinajstić information content (AvgIpc) is 2.77. The first-order chi connectivity index (χ1) is 9.81. The van der Waals surface area contributed by atoms with Gasteiger partial charge in [0.1, 0.15) is 11.6 Å². The topological polar surface area (TPSA) is 81.1 Å². The van der Waals surface area contributed by atoms with E-state index < -0.39 is 5.60 Å². The van der Waals surface area contributed by atoms with Crippen molar-refractivity contribution < 1.29 is 9.53 Å². The molecule has 7 heteroatoms. The van der Waals surface area contributed by atoms with Crippen LogP contribution in [0.2, 0.25) is 0 Å². The van der Waals surface area contributed by atoms with Crippen LogP contribution < -0.4 is 10.6 Å². The number of hydrogen-bond acceptors (Lipinski definition) is 4. The van der Waals surface area contributed by atoms with E-state index in [4.69, 9.17) is 4.74 Å². The zero-order valence-corrected chi connectivity index (χ0v) is 13.4. The summed E-state index contributed by atoms with van der Waals surface area (Å²) >= 11 is 0. The number of rotatable bonds is 4. The Morgan fingerprint density at radius 3 is 2.90 bits per heavy atom. The van der Waals surface area contributed by atoms with Gasteiger partial charge in [0.05, 0.1) is 24.2 Å². The largest absolute Gasteiger partial charge is 0.377 e. The summed E-state index contributed by atoms with van der Waals surface area (Å²) in [6, 6.07) is -0.176. The second-order valence-corrected chi connectivity index (χ2v) is 6.14. The maximum absolute atomic E-state index is 12.1. The Hall–Kier alpha value is -1.63.